The molecule has 12 heteroatoms. The van der Waals surface area contributed by atoms with Crippen LogP contribution in [-0.4, -0.2) is 70.2 Å². The molecule has 0 unspecified atom stereocenters. The van der Waals surface area contributed by atoms with Crippen molar-refractivity contribution in [2.45, 2.75) is 68.2 Å². The van der Waals surface area contributed by atoms with Gasteiger partial charge in [0.25, 0.3) is 0 Å². The smallest absolute Gasteiger partial charge is 0.376 e. The molecular weight excluding hydrogens is 497 g/mol. The Morgan fingerprint density at radius 3 is 0.833 bits per heavy atom. The summed E-state index contributed by atoms with van der Waals surface area (Å²) in [5.41, 5.74) is 0. The standard InChI is InChI=1S/2C6H16O3Si.C6H14S4/c2*1-4-7-10(8-5-2)9-6-3;1-3-5-7-9-10-8-6-4-2/h2*10H,4-6H2,1-3H3;3-6H2,1-2H3. The molecule has 0 radical (unpaired) electrons. The highest BCUT2D eigenvalue weighted by Crippen LogP contribution is 2.43. The van der Waals surface area contributed by atoms with Crippen LogP contribution < -0.4 is 0 Å². The van der Waals surface area contributed by atoms with E-state index in [1.807, 2.05) is 82.8 Å². The van der Waals surface area contributed by atoms with Crippen LogP contribution >= 0.6 is 41.2 Å². The average molecular weight is 543 g/mol. The van der Waals surface area contributed by atoms with Gasteiger partial charge in [0.1, 0.15) is 0 Å². The molecule has 0 saturated heterocycles. The second-order valence-electron chi connectivity index (χ2n) is 5.09. The third-order valence-electron chi connectivity index (χ3n) is 2.52. The maximum atomic E-state index is 5.22. The minimum atomic E-state index is -1.73. The lowest BCUT2D eigenvalue weighted by molar-refractivity contribution is 0.106. The molecule has 0 rings (SSSR count). The van der Waals surface area contributed by atoms with Gasteiger partial charge >= 0.3 is 19.1 Å². The summed E-state index contributed by atoms with van der Waals surface area (Å²) in [6.07, 6.45) is 2.58. The van der Waals surface area contributed by atoms with Gasteiger partial charge in [0.15, 0.2) is 0 Å². The molecule has 30 heavy (non-hydrogen) atoms. The summed E-state index contributed by atoms with van der Waals surface area (Å²) in [7, 11) is 4.29. The van der Waals surface area contributed by atoms with E-state index in [-0.39, 0.29) is 0 Å². The summed E-state index contributed by atoms with van der Waals surface area (Å²) in [4.78, 5) is 0. The van der Waals surface area contributed by atoms with Crippen LogP contribution in [-0.2, 0) is 26.6 Å². The maximum Gasteiger partial charge on any atom is 0.484 e. The van der Waals surface area contributed by atoms with Crippen molar-refractivity contribution < 1.29 is 26.6 Å². The van der Waals surface area contributed by atoms with Crippen molar-refractivity contribution in [1.29, 1.82) is 0 Å². The van der Waals surface area contributed by atoms with E-state index in [0.717, 1.165) is 0 Å². The fourth-order valence-electron chi connectivity index (χ4n) is 1.38. The van der Waals surface area contributed by atoms with Crippen LogP contribution in [0.25, 0.3) is 0 Å². The molecule has 0 aliphatic carbocycles. The van der Waals surface area contributed by atoms with E-state index in [1.165, 1.54) is 24.3 Å². The number of rotatable bonds is 19. The summed E-state index contributed by atoms with van der Waals surface area (Å²) in [5, 5.41) is 0. The van der Waals surface area contributed by atoms with Crippen LogP contribution in [0.3, 0.4) is 0 Å². The van der Waals surface area contributed by atoms with Crippen molar-refractivity contribution in [2.75, 3.05) is 51.1 Å². The summed E-state index contributed by atoms with van der Waals surface area (Å²) in [6.45, 7) is 20.2. The van der Waals surface area contributed by atoms with Gasteiger partial charge in [0, 0.05) is 51.1 Å². The Balaban J connectivity index is -0.000000364. The molecule has 0 fully saturated rings. The minimum Gasteiger partial charge on any atom is -0.376 e. The van der Waals surface area contributed by atoms with Crippen molar-refractivity contribution in [2.24, 2.45) is 0 Å². The molecule has 0 aromatic carbocycles. The van der Waals surface area contributed by atoms with Crippen molar-refractivity contribution in [3.63, 3.8) is 0 Å². The molecule has 0 atom stereocenters. The molecule has 0 saturated carbocycles. The van der Waals surface area contributed by atoms with Gasteiger partial charge in [-0.2, -0.15) is 0 Å². The lowest BCUT2D eigenvalue weighted by atomic mass is 10.6. The highest BCUT2D eigenvalue weighted by Gasteiger charge is 2.11. The molecule has 0 spiro atoms. The molecule has 0 heterocycles. The molecule has 0 aromatic heterocycles. The van der Waals surface area contributed by atoms with Gasteiger partial charge in [-0.3, -0.25) is 0 Å². The van der Waals surface area contributed by atoms with E-state index in [2.05, 4.69) is 13.8 Å². The monoisotopic (exact) mass is 542 g/mol. The predicted octanol–water partition coefficient (Wildman–Crippen LogP) is 6.11. The Hall–Kier alpha value is 1.59. The highest BCUT2D eigenvalue weighted by molar-refractivity contribution is 9.26. The fourth-order valence-corrected chi connectivity index (χ4v) is 9.83. The second kappa shape index (κ2) is 35.2. The number of hydrogen-bond donors (Lipinski definition) is 0. The van der Waals surface area contributed by atoms with Crippen LogP contribution in [0.2, 0.25) is 0 Å². The van der Waals surface area contributed by atoms with Gasteiger partial charge in [-0.25, -0.2) is 0 Å². The molecule has 6 nitrogen and oxygen atoms in total. The van der Waals surface area contributed by atoms with E-state index >= 15 is 0 Å². The third-order valence-corrected chi connectivity index (χ3v) is 13.0. The Morgan fingerprint density at radius 2 is 0.667 bits per heavy atom. The van der Waals surface area contributed by atoms with Gasteiger partial charge in [0.05, 0.1) is 0 Å². The third kappa shape index (κ3) is 34.2. The van der Waals surface area contributed by atoms with E-state index < -0.39 is 19.1 Å². The summed E-state index contributed by atoms with van der Waals surface area (Å²) in [6, 6.07) is 0. The Kier molecular flexibility index (Phi) is 42.4. The first kappa shape index (κ1) is 36.2. The van der Waals surface area contributed by atoms with E-state index in [9.17, 15) is 0 Å². The molecule has 0 aromatic rings. The molecule has 186 valence electrons. The zero-order valence-corrected chi connectivity index (χ0v) is 25.9. The quantitative estimate of drug-likeness (QED) is 0.108. The molecule has 0 amide bonds. The van der Waals surface area contributed by atoms with Gasteiger partial charge in [0.2, 0.25) is 0 Å². The zero-order valence-electron chi connectivity index (χ0n) is 20.3. The number of hydrogen-bond acceptors (Lipinski definition) is 10. The van der Waals surface area contributed by atoms with Crippen molar-refractivity contribution in [1.82, 2.24) is 0 Å². The van der Waals surface area contributed by atoms with Gasteiger partial charge in [-0.1, -0.05) is 35.4 Å². The Bertz CT molecular complexity index is 237. The first-order valence-corrected chi connectivity index (χ1v) is 18.9. The van der Waals surface area contributed by atoms with Crippen LogP contribution in [0.4, 0.5) is 0 Å². The average Bonchev–Trinajstić information content (AvgIpc) is 2.73. The van der Waals surface area contributed by atoms with E-state index in [4.69, 9.17) is 26.6 Å². The van der Waals surface area contributed by atoms with Gasteiger partial charge < -0.3 is 26.6 Å². The minimum absolute atomic E-state index is 0.677. The summed E-state index contributed by atoms with van der Waals surface area (Å²) in [5.74, 6) is 2.56. The maximum absolute atomic E-state index is 5.22. The van der Waals surface area contributed by atoms with Gasteiger partial charge in [-0.15, -0.1) is 0 Å². The van der Waals surface area contributed by atoms with Gasteiger partial charge in [-0.05, 0) is 74.0 Å². The highest BCUT2D eigenvalue weighted by atomic mass is 33.7. The van der Waals surface area contributed by atoms with E-state index in [1.54, 1.807) is 0 Å². The molecule has 0 bridgehead atoms. The van der Waals surface area contributed by atoms with Crippen LogP contribution in [0.1, 0.15) is 68.2 Å². The van der Waals surface area contributed by atoms with Crippen molar-refractivity contribution >= 4 is 60.3 Å². The fraction of sp³-hybridized carbons (Fsp3) is 1.00. The van der Waals surface area contributed by atoms with Crippen molar-refractivity contribution in [3.05, 3.63) is 0 Å². The van der Waals surface area contributed by atoms with Crippen LogP contribution in [0.15, 0.2) is 0 Å². The molecule has 0 aliphatic rings. The van der Waals surface area contributed by atoms with Crippen molar-refractivity contribution in [3.8, 4) is 0 Å². The zero-order chi connectivity index (χ0) is 23.3. The molecule has 0 N–H and O–H groups in total. The first-order chi connectivity index (χ1) is 14.6. The second-order valence-corrected chi connectivity index (χ2v) is 14.5. The Morgan fingerprint density at radius 1 is 0.433 bits per heavy atom. The summed E-state index contributed by atoms with van der Waals surface area (Å²) >= 11 is 0. The largest absolute Gasteiger partial charge is 0.484 e. The SMILES string of the molecule is CCCSSSSCCC.CCO[SiH](OCC)OCC.CCO[SiH](OCC)OCC. The van der Waals surface area contributed by atoms with Crippen LogP contribution in [0, 0.1) is 0 Å². The van der Waals surface area contributed by atoms with Crippen LogP contribution in [0.5, 0.6) is 0 Å². The first-order valence-electron chi connectivity index (χ1n) is 10.9. The Labute approximate surface area is 205 Å². The van der Waals surface area contributed by atoms with E-state index in [0.29, 0.717) is 39.6 Å². The topological polar surface area (TPSA) is 55.4 Å². The summed E-state index contributed by atoms with van der Waals surface area (Å²) < 4.78 is 31.3. The molecular formula is C18H46O6S4Si2. The predicted molar refractivity (Wildman–Crippen MR) is 145 cm³/mol. The normalized spacial score (nSPS) is 10.6. The lowest BCUT2D eigenvalue weighted by Crippen LogP contribution is -2.27. The lowest BCUT2D eigenvalue weighted by Gasteiger charge is -2.12. The molecule has 0 aliphatic heterocycles.